The molecule has 0 aliphatic carbocycles. The zero-order valence-electron chi connectivity index (χ0n) is 8.30. The molecule has 0 saturated carbocycles. The van der Waals surface area contributed by atoms with Crippen LogP contribution < -0.4 is 0 Å². The minimum atomic E-state index is -0.0483. The number of aromatic nitrogens is 2. The maximum atomic E-state index is 11.9. The number of ketones is 1. The Bertz CT molecular complexity index is 464. The molecule has 2 rings (SSSR count). The van der Waals surface area contributed by atoms with Gasteiger partial charge >= 0.3 is 0 Å². The zero-order valence-corrected chi connectivity index (χ0v) is 9.12. The molecule has 0 unspecified atom stereocenters. The monoisotopic (exact) mass is 218 g/mol. The van der Waals surface area contributed by atoms with Crippen molar-refractivity contribution in [2.45, 2.75) is 13.3 Å². The lowest BCUT2D eigenvalue weighted by molar-refractivity contribution is 0.103. The molecule has 0 fully saturated rings. The molecule has 0 aliphatic heterocycles. The van der Waals surface area contributed by atoms with Gasteiger partial charge in [-0.3, -0.25) is 9.78 Å². The van der Waals surface area contributed by atoms with Crippen molar-refractivity contribution in [3.8, 4) is 0 Å². The smallest absolute Gasteiger partial charge is 0.222 e. The molecule has 3 nitrogen and oxygen atoms in total. The van der Waals surface area contributed by atoms with E-state index in [0.717, 1.165) is 11.3 Å². The molecule has 0 aromatic carbocycles. The number of hydrogen-bond donors (Lipinski definition) is 0. The van der Waals surface area contributed by atoms with Crippen LogP contribution in [0.25, 0.3) is 0 Å². The third kappa shape index (κ3) is 2.10. The number of hydrogen-bond acceptors (Lipinski definition) is 4. The fraction of sp³-hybridized carbons (Fsp3) is 0.182. The highest BCUT2D eigenvalue weighted by Crippen LogP contribution is 2.19. The maximum Gasteiger partial charge on any atom is 0.222 e. The first-order chi connectivity index (χ1) is 7.31. The molecule has 4 heteroatoms. The summed E-state index contributed by atoms with van der Waals surface area (Å²) in [7, 11) is 0. The highest BCUT2D eigenvalue weighted by molar-refractivity contribution is 7.14. The van der Waals surface area contributed by atoms with Crippen molar-refractivity contribution in [1.82, 2.24) is 9.97 Å². The predicted octanol–water partition coefficient (Wildman–Crippen LogP) is 2.33. The lowest BCUT2D eigenvalue weighted by Gasteiger charge is -1.94. The van der Waals surface area contributed by atoms with Gasteiger partial charge in [0, 0.05) is 17.3 Å². The van der Waals surface area contributed by atoms with E-state index in [9.17, 15) is 4.79 Å². The molecular weight excluding hydrogens is 208 g/mol. The Morgan fingerprint density at radius 3 is 2.87 bits per heavy atom. The van der Waals surface area contributed by atoms with Crippen molar-refractivity contribution < 1.29 is 4.79 Å². The minimum Gasteiger partial charge on any atom is -0.286 e. The van der Waals surface area contributed by atoms with Crippen LogP contribution in [0.3, 0.4) is 0 Å². The van der Waals surface area contributed by atoms with Crippen molar-refractivity contribution in [2.75, 3.05) is 0 Å². The molecule has 0 saturated heterocycles. The number of thiophene rings is 1. The highest BCUT2D eigenvalue weighted by Gasteiger charge is 2.12. The Morgan fingerprint density at radius 2 is 2.27 bits per heavy atom. The van der Waals surface area contributed by atoms with E-state index in [-0.39, 0.29) is 5.78 Å². The Labute approximate surface area is 91.8 Å². The first-order valence-corrected chi connectivity index (χ1v) is 5.52. The van der Waals surface area contributed by atoms with Gasteiger partial charge in [-0.15, -0.1) is 11.3 Å². The summed E-state index contributed by atoms with van der Waals surface area (Å²) in [5, 5.41) is 0. The normalized spacial score (nSPS) is 10.2. The van der Waals surface area contributed by atoms with Crippen molar-refractivity contribution in [1.29, 1.82) is 0 Å². The molecule has 0 aliphatic rings. The Hall–Kier alpha value is -1.55. The van der Waals surface area contributed by atoms with Crippen LogP contribution in [0.2, 0.25) is 0 Å². The summed E-state index contributed by atoms with van der Waals surface area (Å²) in [6.07, 6.45) is 5.54. The van der Waals surface area contributed by atoms with Gasteiger partial charge in [0.2, 0.25) is 5.78 Å². The lowest BCUT2D eigenvalue weighted by Crippen LogP contribution is -2.01. The predicted molar refractivity (Wildman–Crippen MR) is 59.2 cm³/mol. The quantitative estimate of drug-likeness (QED) is 0.742. The van der Waals surface area contributed by atoms with Crippen LogP contribution >= 0.6 is 11.3 Å². The highest BCUT2D eigenvalue weighted by atomic mass is 32.1. The fourth-order valence-corrected chi connectivity index (χ4v) is 2.13. The van der Waals surface area contributed by atoms with Crippen molar-refractivity contribution in [3.05, 3.63) is 46.2 Å². The number of aryl methyl sites for hydroxylation is 1. The van der Waals surface area contributed by atoms with Gasteiger partial charge in [-0.05, 0) is 18.6 Å². The standard InChI is InChI=1S/C11H10N2OS/c1-2-8-3-4-10(15-8)11(14)9-7-12-5-6-13-9/h3-7H,2H2,1H3. The van der Waals surface area contributed by atoms with Crippen molar-refractivity contribution in [3.63, 3.8) is 0 Å². The van der Waals surface area contributed by atoms with E-state index in [1.54, 1.807) is 6.20 Å². The Balaban J connectivity index is 2.29. The second-order valence-electron chi connectivity index (χ2n) is 3.04. The molecule has 0 spiro atoms. The molecule has 0 amide bonds. The summed E-state index contributed by atoms with van der Waals surface area (Å²) >= 11 is 1.52. The fourth-order valence-electron chi connectivity index (χ4n) is 1.23. The lowest BCUT2D eigenvalue weighted by atomic mass is 10.2. The van der Waals surface area contributed by atoms with Crippen molar-refractivity contribution in [2.24, 2.45) is 0 Å². The summed E-state index contributed by atoms with van der Waals surface area (Å²) in [5.74, 6) is -0.0483. The molecule has 0 radical (unpaired) electrons. The third-order valence-corrected chi connectivity index (χ3v) is 3.26. The van der Waals surface area contributed by atoms with Crippen LogP contribution in [0.4, 0.5) is 0 Å². The number of carbonyl (C=O) groups excluding carboxylic acids is 1. The van der Waals surface area contributed by atoms with Gasteiger partial charge in [-0.1, -0.05) is 6.92 Å². The van der Waals surface area contributed by atoms with Gasteiger partial charge < -0.3 is 0 Å². The summed E-state index contributed by atoms with van der Waals surface area (Å²) in [6.45, 7) is 2.07. The van der Waals surface area contributed by atoms with Crippen molar-refractivity contribution >= 4 is 17.1 Å². The van der Waals surface area contributed by atoms with E-state index in [2.05, 4.69) is 16.9 Å². The summed E-state index contributed by atoms with van der Waals surface area (Å²) in [6, 6.07) is 3.83. The minimum absolute atomic E-state index is 0.0483. The van der Waals surface area contributed by atoms with Crippen LogP contribution in [-0.4, -0.2) is 15.8 Å². The molecule has 0 bridgehead atoms. The zero-order chi connectivity index (χ0) is 10.7. The van der Waals surface area contributed by atoms with Crippen LogP contribution in [0.1, 0.15) is 27.2 Å². The molecule has 0 atom stereocenters. The Kier molecular flexibility index (Phi) is 2.87. The SMILES string of the molecule is CCc1ccc(C(=O)c2cnccn2)s1. The number of rotatable bonds is 3. The molecule has 2 aromatic rings. The third-order valence-electron chi connectivity index (χ3n) is 2.03. The summed E-state index contributed by atoms with van der Waals surface area (Å²) in [4.78, 5) is 21.7. The average molecular weight is 218 g/mol. The molecular formula is C11H10N2OS. The molecule has 76 valence electrons. The van der Waals surface area contributed by atoms with Gasteiger partial charge in [-0.25, -0.2) is 4.98 Å². The van der Waals surface area contributed by atoms with Crippen LogP contribution in [0, 0.1) is 0 Å². The maximum absolute atomic E-state index is 11.9. The molecule has 0 N–H and O–H groups in total. The van der Waals surface area contributed by atoms with E-state index >= 15 is 0 Å². The van der Waals surface area contributed by atoms with E-state index in [1.165, 1.54) is 28.6 Å². The van der Waals surface area contributed by atoms with E-state index in [1.807, 2.05) is 12.1 Å². The van der Waals surface area contributed by atoms with E-state index < -0.39 is 0 Å². The second kappa shape index (κ2) is 4.31. The first kappa shape index (κ1) is 9.98. The first-order valence-electron chi connectivity index (χ1n) is 4.70. The summed E-state index contributed by atoms with van der Waals surface area (Å²) in [5.41, 5.74) is 0.405. The molecule has 2 aromatic heterocycles. The molecule has 2 heterocycles. The van der Waals surface area contributed by atoms with Crippen LogP contribution in [0.15, 0.2) is 30.7 Å². The van der Waals surface area contributed by atoms with Crippen LogP contribution in [-0.2, 0) is 6.42 Å². The van der Waals surface area contributed by atoms with E-state index in [0.29, 0.717) is 5.69 Å². The second-order valence-corrected chi connectivity index (χ2v) is 4.21. The number of nitrogens with zero attached hydrogens (tertiary/aromatic N) is 2. The molecule has 15 heavy (non-hydrogen) atoms. The van der Waals surface area contributed by atoms with Gasteiger partial charge in [0.1, 0.15) is 5.69 Å². The topological polar surface area (TPSA) is 42.9 Å². The number of carbonyl (C=O) groups is 1. The summed E-state index contributed by atoms with van der Waals surface area (Å²) < 4.78 is 0. The largest absolute Gasteiger partial charge is 0.286 e. The Morgan fingerprint density at radius 1 is 1.40 bits per heavy atom. The van der Waals surface area contributed by atoms with Gasteiger partial charge in [0.15, 0.2) is 0 Å². The van der Waals surface area contributed by atoms with Crippen LogP contribution in [0.5, 0.6) is 0 Å². The van der Waals surface area contributed by atoms with Gasteiger partial charge in [-0.2, -0.15) is 0 Å². The van der Waals surface area contributed by atoms with Gasteiger partial charge in [0.05, 0.1) is 11.1 Å². The van der Waals surface area contributed by atoms with E-state index in [4.69, 9.17) is 0 Å². The van der Waals surface area contributed by atoms with Gasteiger partial charge in [0.25, 0.3) is 0 Å². The average Bonchev–Trinajstić information content (AvgIpc) is 2.78.